The fourth-order valence-corrected chi connectivity index (χ4v) is 2.34. The van der Waals surface area contributed by atoms with Crippen LogP contribution in [-0.4, -0.2) is 21.3 Å². The first-order valence-electron chi connectivity index (χ1n) is 8.73. The second kappa shape index (κ2) is 7.42. The molecule has 0 saturated carbocycles. The zero-order valence-electron chi connectivity index (χ0n) is 16.2. The first-order chi connectivity index (χ1) is 12.1. The molecular weight excluding hydrogens is 300 g/mol. The van der Waals surface area contributed by atoms with Crippen LogP contribution in [0.25, 0.3) is 0 Å². The van der Waals surface area contributed by atoms with Crippen LogP contribution in [0.1, 0.15) is 29.1 Å². The molecule has 0 fully saturated rings. The van der Waals surface area contributed by atoms with Crippen molar-refractivity contribution in [3.8, 4) is 5.75 Å². The summed E-state index contributed by atoms with van der Waals surface area (Å²) in [7, 11) is -3.58. The Hall–Kier alpha value is -1.85. The number of para-hydroxylation sites is 1. The van der Waals surface area contributed by atoms with Gasteiger partial charge in [-0.15, -0.1) is 0 Å². The number of rotatable bonds is 7. The Morgan fingerprint density at radius 1 is 1.18 bits per heavy atom. The molecule has 0 saturated heterocycles. The molecule has 0 aliphatic rings. The van der Waals surface area contributed by atoms with Gasteiger partial charge in [-0.25, -0.2) is 0 Å². The molecule has 2 aromatic carbocycles. The molecule has 0 radical (unpaired) electrons. The molecule has 1 atom stereocenters. The summed E-state index contributed by atoms with van der Waals surface area (Å²) in [4.78, 5) is 0. The summed E-state index contributed by atoms with van der Waals surface area (Å²) in [6, 6.07) is 13.3. The van der Waals surface area contributed by atoms with Crippen LogP contribution < -0.4 is 4.74 Å². The van der Waals surface area contributed by atoms with Gasteiger partial charge in [-0.2, -0.15) is 8.42 Å². The summed E-state index contributed by atoms with van der Waals surface area (Å²) in [6.45, 7) is -2.53. The highest BCUT2D eigenvalue weighted by Gasteiger charge is 2.15. The van der Waals surface area contributed by atoms with Crippen molar-refractivity contribution in [1.82, 2.24) is 0 Å². The Morgan fingerprint density at radius 3 is 2.64 bits per heavy atom. The molecule has 4 nitrogen and oxygen atoms in total. The maximum absolute atomic E-state index is 11.2. The third-order valence-corrected chi connectivity index (χ3v) is 3.54. The molecule has 0 amide bonds. The van der Waals surface area contributed by atoms with Gasteiger partial charge >= 0.3 is 0 Å². The van der Waals surface area contributed by atoms with Gasteiger partial charge in [0.2, 0.25) is 0 Å². The van der Waals surface area contributed by atoms with Gasteiger partial charge in [-0.3, -0.25) is 4.18 Å². The average Bonchev–Trinajstić information content (AvgIpc) is 2.54. The van der Waals surface area contributed by atoms with Crippen molar-refractivity contribution < 1.29 is 22.8 Å². The van der Waals surface area contributed by atoms with E-state index in [1.807, 2.05) is 6.07 Å². The lowest BCUT2D eigenvalue weighted by Crippen LogP contribution is -2.13. The monoisotopic (exact) mass is 324 g/mol. The van der Waals surface area contributed by atoms with Crippen molar-refractivity contribution in [3.05, 3.63) is 65.7 Å². The summed E-state index contributed by atoms with van der Waals surface area (Å²) in [6.07, 6.45) is 0.571. The van der Waals surface area contributed by atoms with Crippen molar-refractivity contribution in [2.24, 2.45) is 0 Å². The summed E-state index contributed by atoms with van der Waals surface area (Å²) >= 11 is 0. The topological polar surface area (TPSA) is 52.6 Å². The normalized spacial score (nSPS) is 16.0. The first-order valence-corrected chi connectivity index (χ1v) is 8.55. The largest absolute Gasteiger partial charge is 0.485 e. The van der Waals surface area contributed by atoms with Crippen LogP contribution in [-0.2, 0) is 14.3 Å². The van der Waals surface area contributed by atoms with Crippen molar-refractivity contribution in [3.63, 3.8) is 0 Å². The van der Waals surface area contributed by atoms with E-state index >= 15 is 0 Å². The molecule has 0 N–H and O–H groups in total. The van der Waals surface area contributed by atoms with Gasteiger partial charge in [0.1, 0.15) is 11.9 Å². The van der Waals surface area contributed by atoms with Crippen LogP contribution in [0.4, 0.5) is 0 Å². The minimum Gasteiger partial charge on any atom is -0.485 e. The van der Waals surface area contributed by atoms with E-state index in [4.69, 9.17) is 14.4 Å². The second-order valence-corrected chi connectivity index (χ2v) is 6.40. The Balaban J connectivity index is 2.30. The molecular formula is C17H20O4S. The van der Waals surface area contributed by atoms with E-state index < -0.39 is 23.1 Å². The first kappa shape index (κ1) is 11.7. The third-order valence-electron chi connectivity index (χ3n) is 2.94. The number of ether oxygens (including phenoxy) is 1. The van der Waals surface area contributed by atoms with E-state index in [1.165, 1.54) is 18.2 Å². The van der Waals surface area contributed by atoms with E-state index in [2.05, 4.69) is 0 Å². The standard InChI is InChI=1S/C17H20O4S/c1-14-8-6-7-11-16(14)21-17(12-13-20-22(2,18)19)15-9-4-3-5-10-15/h3-11,17H,12-13H2,1-2H3/i1D3,6D. The number of hydrogen-bond acceptors (Lipinski definition) is 4. The van der Waals surface area contributed by atoms with Crippen LogP contribution in [0.5, 0.6) is 5.75 Å². The fourth-order valence-electron chi connectivity index (χ4n) is 1.94. The van der Waals surface area contributed by atoms with Gasteiger partial charge < -0.3 is 4.74 Å². The van der Waals surface area contributed by atoms with Crippen molar-refractivity contribution >= 4 is 10.1 Å². The minimum atomic E-state index is -3.58. The summed E-state index contributed by atoms with van der Waals surface area (Å²) in [5, 5.41) is 0. The number of benzene rings is 2. The lowest BCUT2D eigenvalue weighted by atomic mass is 10.1. The zero-order valence-corrected chi connectivity index (χ0v) is 13.0. The highest BCUT2D eigenvalue weighted by molar-refractivity contribution is 7.85. The van der Waals surface area contributed by atoms with Gasteiger partial charge in [0.05, 0.1) is 14.2 Å². The van der Waals surface area contributed by atoms with Crippen LogP contribution in [0.15, 0.2) is 54.6 Å². The van der Waals surface area contributed by atoms with Gasteiger partial charge in [0, 0.05) is 10.5 Å². The smallest absolute Gasteiger partial charge is 0.264 e. The fraction of sp³-hybridized carbons (Fsp3) is 0.294. The van der Waals surface area contributed by atoms with Gasteiger partial charge in [-0.05, 0) is 24.0 Å². The van der Waals surface area contributed by atoms with Crippen molar-refractivity contribution in [1.29, 1.82) is 0 Å². The molecule has 0 bridgehead atoms. The minimum absolute atomic E-state index is 0.0602. The van der Waals surface area contributed by atoms with Gasteiger partial charge in [-0.1, -0.05) is 48.5 Å². The quantitative estimate of drug-likeness (QED) is 0.732. The van der Waals surface area contributed by atoms with Crippen LogP contribution >= 0.6 is 0 Å². The molecule has 0 aliphatic heterocycles. The predicted molar refractivity (Wildman–Crippen MR) is 86.4 cm³/mol. The molecule has 2 rings (SSSR count). The Labute approximate surface area is 137 Å². The van der Waals surface area contributed by atoms with Gasteiger partial charge in [0.25, 0.3) is 10.1 Å². The highest BCUT2D eigenvalue weighted by Crippen LogP contribution is 2.27. The Kier molecular flexibility index (Phi) is 3.94. The van der Waals surface area contributed by atoms with Crippen molar-refractivity contribution in [2.75, 3.05) is 12.9 Å². The number of aryl methyl sites for hydroxylation is 1. The molecule has 0 aliphatic carbocycles. The number of hydrogen-bond donors (Lipinski definition) is 0. The summed E-state index contributed by atoms with van der Waals surface area (Å²) in [5.74, 6) is 0.134. The van der Waals surface area contributed by atoms with E-state index in [0.717, 1.165) is 11.8 Å². The van der Waals surface area contributed by atoms with E-state index in [-0.39, 0.29) is 30.4 Å². The lowest BCUT2D eigenvalue weighted by Gasteiger charge is -2.20. The lowest BCUT2D eigenvalue weighted by molar-refractivity contribution is 0.165. The highest BCUT2D eigenvalue weighted by atomic mass is 32.2. The molecule has 0 heterocycles. The molecule has 118 valence electrons. The predicted octanol–water partition coefficient (Wildman–Crippen LogP) is 3.48. The molecule has 5 heteroatoms. The Bertz CT molecular complexity index is 836. The SMILES string of the molecule is [2H]c1ccc(OC(CCOS(C)(=O)=O)c2ccccc2)c(C([2H])([2H])[2H])c1. The maximum Gasteiger partial charge on any atom is 0.264 e. The molecule has 0 aromatic heterocycles. The van der Waals surface area contributed by atoms with Crippen LogP contribution in [0, 0.1) is 6.85 Å². The summed E-state index contributed by atoms with van der Waals surface area (Å²) < 4.78 is 63.6. The summed E-state index contributed by atoms with van der Waals surface area (Å²) in [5.41, 5.74) is 0.700. The molecule has 0 spiro atoms. The second-order valence-electron chi connectivity index (χ2n) is 4.75. The molecule has 1 unspecified atom stereocenters. The maximum atomic E-state index is 11.2. The van der Waals surface area contributed by atoms with E-state index in [1.54, 1.807) is 24.3 Å². The van der Waals surface area contributed by atoms with Gasteiger partial charge in [0.15, 0.2) is 0 Å². The molecule has 2 aromatic rings. The van der Waals surface area contributed by atoms with Crippen molar-refractivity contribution in [2.45, 2.75) is 19.4 Å². The third kappa shape index (κ3) is 5.16. The van der Waals surface area contributed by atoms with E-state index in [9.17, 15) is 8.42 Å². The Morgan fingerprint density at radius 2 is 1.95 bits per heavy atom. The van der Waals surface area contributed by atoms with Crippen LogP contribution in [0.2, 0.25) is 0 Å². The zero-order chi connectivity index (χ0) is 19.4. The van der Waals surface area contributed by atoms with Crippen LogP contribution in [0.3, 0.4) is 0 Å². The molecule has 22 heavy (non-hydrogen) atoms. The van der Waals surface area contributed by atoms with E-state index in [0.29, 0.717) is 0 Å². The average molecular weight is 324 g/mol.